The van der Waals surface area contributed by atoms with E-state index in [1.165, 1.54) is 19.4 Å². The maximum atomic E-state index is 5.33. The van der Waals surface area contributed by atoms with Gasteiger partial charge in [-0.25, -0.2) is 0 Å². The number of nitrogens with two attached hydrogens (primary N) is 1. The molecule has 0 unspecified atom stereocenters. The zero-order valence-electron chi connectivity index (χ0n) is 9.09. The van der Waals surface area contributed by atoms with Crippen LogP contribution in [-0.2, 0) is 4.74 Å². The predicted octanol–water partition coefficient (Wildman–Crippen LogP) is 1.08. The van der Waals surface area contributed by atoms with E-state index in [0.29, 0.717) is 13.2 Å². The molecule has 2 N–H and O–H groups in total. The topological polar surface area (TPSA) is 38.5 Å². The molecule has 0 radical (unpaired) electrons. The Balaban J connectivity index is 3.25. The lowest BCUT2D eigenvalue weighted by molar-refractivity contribution is 0.110. The molecule has 0 bridgehead atoms. The SMILES string of the molecule is CCCCN(CC)CCOCCN. The highest BCUT2D eigenvalue weighted by Gasteiger charge is 2.00. The molecule has 0 aliphatic rings. The van der Waals surface area contributed by atoms with Gasteiger partial charge in [-0.15, -0.1) is 0 Å². The van der Waals surface area contributed by atoms with Crippen molar-refractivity contribution in [2.45, 2.75) is 26.7 Å². The molecule has 3 nitrogen and oxygen atoms in total. The smallest absolute Gasteiger partial charge is 0.0594 e. The molecular formula is C10H24N2O. The van der Waals surface area contributed by atoms with Crippen molar-refractivity contribution in [3.63, 3.8) is 0 Å². The minimum atomic E-state index is 0.626. The van der Waals surface area contributed by atoms with Gasteiger partial charge in [0.2, 0.25) is 0 Å². The van der Waals surface area contributed by atoms with Crippen LogP contribution in [0.15, 0.2) is 0 Å². The third kappa shape index (κ3) is 8.22. The number of hydrogen-bond acceptors (Lipinski definition) is 3. The van der Waals surface area contributed by atoms with Gasteiger partial charge in [0.1, 0.15) is 0 Å². The minimum absolute atomic E-state index is 0.626. The summed E-state index contributed by atoms with van der Waals surface area (Å²) in [6, 6.07) is 0. The van der Waals surface area contributed by atoms with Crippen LogP contribution in [0.5, 0.6) is 0 Å². The summed E-state index contributed by atoms with van der Waals surface area (Å²) in [4.78, 5) is 2.42. The Bertz CT molecular complexity index is 98.9. The molecular weight excluding hydrogens is 164 g/mol. The Hall–Kier alpha value is -0.120. The standard InChI is InChI=1S/C10H24N2O/c1-3-5-7-12(4-2)8-10-13-9-6-11/h3-11H2,1-2H3. The zero-order chi connectivity index (χ0) is 9.94. The molecule has 0 aromatic rings. The van der Waals surface area contributed by atoms with Crippen LogP contribution < -0.4 is 5.73 Å². The first-order valence-corrected chi connectivity index (χ1v) is 5.35. The number of nitrogens with zero attached hydrogens (tertiary/aromatic N) is 1. The molecule has 0 aliphatic heterocycles. The van der Waals surface area contributed by atoms with Gasteiger partial charge in [-0.2, -0.15) is 0 Å². The van der Waals surface area contributed by atoms with E-state index in [1.54, 1.807) is 0 Å². The van der Waals surface area contributed by atoms with Crippen LogP contribution in [0.4, 0.5) is 0 Å². The quantitative estimate of drug-likeness (QED) is 0.550. The lowest BCUT2D eigenvalue weighted by Crippen LogP contribution is -2.29. The van der Waals surface area contributed by atoms with E-state index in [2.05, 4.69) is 18.7 Å². The molecule has 0 rings (SSSR count). The van der Waals surface area contributed by atoms with Crippen molar-refractivity contribution in [2.75, 3.05) is 39.4 Å². The summed E-state index contributed by atoms with van der Waals surface area (Å²) in [6.07, 6.45) is 2.55. The van der Waals surface area contributed by atoms with Crippen molar-refractivity contribution in [1.29, 1.82) is 0 Å². The monoisotopic (exact) mass is 188 g/mol. The number of unbranched alkanes of at least 4 members (excludes halogenated alkanes) is 1. The van der Waals surface area contributed by atoms with Crippen LogP contribution in [0.25, 0.3) is 0 Å². The van der Waals surface area contributed by atoms with Crippen molar-refractivity contribution in [1.82, 2.24) is 4.90 Å². The number of likely N-dealkylation sites (N-methyl/N-ethyl adjacent to an activating group) is 1. The predicted molar refractivity (Wildman–Crippen MR) is 56.9 cm³/mol. The van der Waals surface area contributed by atoms with E-state index in [1.807, 2.05) is 0 Å². The van der Waals surface area contributed by atoms with Crippen molar-refractivity contribution in [3.05, 3.63) is 0 Å². The third-order valence-corrected chi connectivity index (χ3v) is 2.09. The second-order valence-corrected chi connectivity index (χ2v) is 3.19. The second kappa shape index (κ2) is 9.96. The van der Waals surface area contributed by atoms with Crippen molar-refractivity contribution >= 4 is 0 Å². The van der Waals surface area contributed by atoms with Crippen molar-refractivity contribution < 1.29 is 4.74 Å². The van der Waals surface area contributed by atoms with Crippen LogP contribution in [-0.4, -0.2) is 44.3 Å². The highest BCUT2D eigenvalue weighted by atomic mass is 16.5. The maximum absolute atomic E-state index is 5.33. The molecule has 0 saturated heterocycles. The van der Waals surface area contributed by atoms with Gasteiger partial charge in [0.15, 0.2) is 0 Å². The first kappa shape index (κ1) is 12.9. The average Bonchev–Trinajstić information content (AvgIpc) is 2.17. The average molecular weight is 188 g/mol. The number of ether oxygens (including phenoxy) is 1. The highest BCUT2D eigenvalue weighted by Crippen LogP contribution is 1.94. The highest BCUT2D eigenvalue weighted by molar-refractivity contribution is 4.54. The Morgan fingerprint density at radius 2 is 1.92 bits per heavy atom. The Kier molecular flexibility index (Phi) is 9.87. The molecule has 13 heavy (non-hydrogen) atoms. The Morgan fingerprint density at radius 1 is 1.15 bits per heavy atom. The molecule has 0 aromatic heterocycles. The van der Waals surface area contributed by atoms with Crippen LogP contribution >= 0.6 is 0 Å². The van der Waals surface area contributed by atoms with Crippen molar-refractivity contribution in [2.24, 2.45) is 5.73 Å². The molecule has 0 heterocycles. The van der Waals surface area contributed by atoms with Gasteiger partial charge >= 0.3 is 0 Å². The molecule has 80 valence electrons. The molecule has 3 heteroatoms. The van der Waals surface area contributed by atoms with E-state index < -0.39 is 0 Å². The Labute approximate surface area is 82.2 Å². The first-order chi connectivity index (χ1) is 6.35. The summed E-state index contributed by atoms with van der Waals surface area (Å²) in [5, 5.41) is 0. The first-order valence-electron chi connectivity index (χ1n) is 5.35. The summed E-state index contributed by atoms with van der Waals surface area (Å²) >= 11 is 0. The normalized spacial score (nSPS) is 11.1. The van der Waals surface area contributed by atoms with Gasteiger partial charge in [0, 0.05) is 13.1 Å². The van der Waals surface area contributed by atoms with Crippen LogP contribution in [0.1, 0.15) is 26.7 Å². The van der Waals surface area contributed by atoms with Gasteiger partial charge in [-0.1, -0.05) is 20.3 Å². The second-order valence-electron chi connectivity index (χ2n) is 3.19. The summed E-state index contributed by atoms with van der Waals surface area (Å²) in [5.41, 5.74) is 5.32. The molecule has 0 aromatic carbocycles. The van der Waals surface area contributed by atoms with Gasteiger partial charge < -0.3 is 15.4 Å². The fourth-order valence-electron chi connectivity index (χ4n) is 1.19. The number of hydrogen-bond donors (Lipinski definition) is 1. The van der Waals surface area contributed by atoms with Crippen LogP contribution in [0.3, 0.4) is 0 Å². The lowest BCUT2D eigenvalue weighted by Gasteiger charge is -2.19. The third-order valence-electron chi connectivity index (χ3n) is 2.09. The van der Waals surface area contributed by atoms with Gasteiger partial charge in [0.25, 0.3) is 0 Å². The molecule has 0 saturated carbocycles. The summed E-state index contributed by atoms with van der Waals surface area (Å²) in [5.74, 6) is 0. The molecule has 0 atom stereocenters. The largest absolute Gasteiger partial charge is 0.379 e. The van der Waals surface area contributed by atoms with Crippen LogP contribution in [0, 0.1) is 0 Å². The summed E-state index contributed by atoms with van der Waals surface area (Å²) in [6.45, 7) is 9.89. The van der Waals surface area contributed by atoms with E-state index in [9.17, 15) is 0 Å². The fraction of sp³-hybridized carbons (Fsp3) is 1.00. The molecule has 0 spiro atoms. The maximum Gasteiger partial charge on any atom is 0.0594 e. The molecule has 0 fully saturated rings. The van der Waals surface area contributed by atoms with Gasteiger partial charge in [-0.3, -0.25) is 0 Å². The van der Waals surface area contributed by atoms with E-state index in [-0.39, 0.29) is 0 Å². The minimum Gasteiger partial charge on any atom is -0.379 e. The molecule has 0 aliphatic carbocycles. The Morgan fingerprint density at radius 3 is 2.46 bits per heavy atom. The lowest BCUT2D eigenvalue weighted by atomic mass is 10.3. The van der Waals surface area contributed by atoms with E-state index >= 15 is 0 Å². The molecule has 0 amide bonds. The summed E-state index contributed by atoms with van der Waals surface area (Å²) < 4.78 is 5.33. The summed E-state index contributed by atoms with van der Waals surface area (Å²) in [7, 11) is 0. The van der Waals surface area contributed by atoms with E-state index in [4.69, 9.17) is 10.5 Å². The van der Waals surface area contributed by atoms with Crippen molar-refractivity contribution in [3.8, 4) is 0 Å². The zero-order valence-corrected chi connectivity index (χ0v) is 9.09. The van der Waals surface area contributed by atoms with Gasteiger partial charge in [0.05, 0.1) is 13.2 Å². The number of rotatable bonds is 9. The van der Waals surface area contributed by atoms with Gasteiger partial charge in [-0.05, 0) is 19.5 Å². The van der Waals surface area contributed by atoms with E-state index in [0.717, 1.165) is 19.7 Å². The van der Waals surface area contributed by atoms with Crippen LogP contribution in [0.2, 0.25) is 0 Å². The fourth-order valence-corrected chi connectivity index (χ4v) is 1.19.